The van der Waals surface area contributed by atoms with Gasteiger partial charge >= 0.3 is 18.1 Å². The van der Waals surface area contributed by atoms with Gasteiger partial charge < -0.3 is 29.7 Å². The molecule has 10 nitrogen and oxygen atoms in total. The summed E-state index contributed by atoms with van der Waals surface area (Å²) >= 11 is 0. The number of anilines is 2. The van der Waals surface area contributed by atoms with Crippen molar-refractivity contribution in [2.75, 3.05) is 38.0 Å². The largest absolute Gasteiger partial charge is 0.497 e. The molecule has 4 rings (SSSR count). The van der Waals surface area contributed by atoms with Gasteiger partial charge in [-0.3, -0.25) is 14.4 Å². The molecule has 0 bridgehead atoms. The summed E-state index contributed by atoms with van der Waals surface area (Å²) in [6, 6.07) is 22.0. The number of carboxylic acid groups (broad SMARTS) is 1. The number of ether oxygens (including phenoxy) is 2. The highest BCUT2D eigenvalue weighted by Gasteiger charge is 2.34. The maximum absolute atomic E-state index is 13.5. The number of halogens is 3. The van der Waals surface area contributed by atoms with E-state index in [-0.39, 0.29) is 34.9 Å². The monoisotopic (exact) mass is 663 g/mol. The summed E-state index contributed by atoms with van der Waals surface area (Å²) in [7, 11) is 4.94. The van der Waals surface area contributed by atoms with Crippen LogP contribution in [0.5, 0.6) is 11.5 Å². The minimum atomic E-state index is -4.69. The number of methoxy groups -OCH3 is 1. The molecule has 2 N–H and O–H groups in total. The van der Waals surface area contributed by atoms with Crippen LogP contribution in [0.1, 0.15) is 37.4 Å². The van der Waals surface area contributed by atoms with Crippen LogP contribution in [0.2, 0.25) is 0 Å². The van der Waals surface area contributed by atoms with Crippen LogP contribution in [0.25, 0.3) is 0 Å². The Morgan fingerprint density at radius 3 is 2.10 bits per heavy atom. The fourth-order valence-corrected chi connectivity index (χ4v) is 4.68. The van der Waals surface area contributed by atoms with E-state index in [1.54, 1.807) is 30.3 Å². The normalized spacial score (nSPS) is 11.0. The van der Waals surface area contributed by atoms with Gasteiger partial charge in [0.1, 0.15) is 18.0 Å². The summed E-state index contributed by atoms with van der Waals surface area (Å²) in [5.74, 6) is -2.86. The minimum Gasteiger partial charge on any atom is -0.497 e. The molecule has 0 aliphatic rings. The number of amides is 2. The first-order valence-corrected chi connectivity index (χ1v) is 14.5. The van der Waals surface area contributed by atoms with Crippen molar-refractivity contribution in [3.8, 4) is 11.5 Å². The van der Waals surface area contributed by atoms with Crippen molar-refractivity contribution in [1.82, 2.24) is 4.90 Å². The average Bonchev–Trinajstić information content (AvgIpc) is 3.04. The van der Waals surface area contributed by atoms with Gasteiger partial charge in [0.2, 0.25) is 5.91 Å². The summed E-state index contributed by atoms with van der Waals surface area (Å²) in [5.41, 5.74) is 0.879. The topological polar surface area (TPSA) is 125 Å². The highest BCUT2D eigenvalue weighted by Crippen LogP contribution is 2.35. The van der Waals surface area contributed by atoms with Crippen LogP contribution >= 0.6 is 0 Å². The SMILES string of the molecule is COc1ccc(CC(=O)Nc2ccc(C(=O)N(CC(=O)O)Cc3ccc(OC(=O)c4cccc(N(C)C)c4)cc3)cc2)c(C(F)(F)F)c1. The van der Waals surface area contributed by atoms with E-state index in [1.165, 1.54) is 55.6 Å². The second-order valence-corrected chi connectivity index (χ2v) is 10.9. The highest BCUT2D eigenvalue weighted by atomic mass is 19.4. The molecule has 0 unspecified atom stereocenters. The van der Waals surface area contributed by atoms with Gasteiger partial charge in [-0.2, -0.15) is 13.2 Å². The van der Waals surface area contributed by atoms with Crippen LogP contribution in [0.15, 0.2) is 91.0 Å². The number of alkyl halides is 3. The third-order valence-electron chi connectivity index (χ3n) is 7.11. The standard InChI is InChI=1S/C35H32F3N3O7/c1-40(2)27-6-4-5-25(17-27)34(46)48-28-14-7-22(8-15-28)20-41(21-32(43)44)33(45)23-9-12-26(13-10-23)39-31(42)18-24-11-16-29(47-3)19-30(24)35(36,37)38/h4-17,19H,18,20-21H2,1-3H3,(H,39,42)(H,43,44). The predicted molar refractivity (Wildman–Crippen MR) is 171 cm³/mol. The molecule has 4 aromatic rings. The molecule has 0 aliphatic carbocycles. The van der Waals surface area contributed by atoms with Gasteiger partial charge in [-0.05, 0) is 77.9 Å². The number of hydrogen-bond donors (Lipinski definition) is 2. The zero-order valence-corrected chi connectivity index (χ0v) is 26.2. The maximum Gasteiger partial charge on any atom is 0.416 e. The van der Waals surface area contributed by atoms with Crippen LogP contribution in [0, 0.1) is 0 Å². The van der Waals surface area contributed by atoms with Gasteiger partial charge in [0.25, 0.3) is 5.91 Å². The van der Waals surface area contributed by atoms with Gasteiger partial charge in [-0.25, -0.2) is 4.79 Å². The van der Waals surface area contributed by atoms with E-state index < -0.39 is 48.5 Å². The van der Waals surface area contributed by atoms with Gasteiger partial charge in [-0.15, -0.1) is 0 Å². The van der Waals surface area contributed by atoms with E-state index >= 15 is 0 Å². The lowest BCUT2D eigenvalue weighted by atomic mass is 10.0. The first kappa shape index (κ1) is 35.0. The van der Waals surface area contributed by atoms with Crippen LogP contribution in [-0.2, 0) is 28.7 Å². The van der Waals surface area contributed by atoms with Gasteiger partial charge in [0.15, 0.2) is 0 Å². The molecule has 0 saturated heterocycles. The van der Waals surface area contributed by atoms with Crippen LogP contribution in [0.3, 0.4) is 0 Å². The van der Waals surface area contributed by atoms with E-state index in [2.05, 4.69) is 5.32 Å². The van der Waals surface area contributed by atoms with Crippen LogP contribution in [-0.4, -0.2) is 61.5 Å². The first-order chi connectivity index (χ1) is 22.7. The van der Waals surface area contributed by atoms with E-state index in [9.17, 15) is 37.5 Å². The molecule has 13 heteroatoms. The Labute approximate surface area is 274 Å². The molecule has 2 amide bonds. The molecule has 0 spiro atoms. The second kappa shape index (κ2) is 15.2. The van der Waals surface area contributed by atoms with Gasteiger partial charge in [0.05, 0.1) is 24.7 Å². The van der Waals surface area contributed by atoms with Crippen LogP contribution in [0.4, 0.5) is 24.5 Å². The van der Waals surface area contributed by atoms with Crippen molar-refractivity contribution in [3.05, 3.63) is 119 Å². The molecule has 48 heavy (non-hydrogen) atoms. The Hall–Kier alpha value is -5.85. The Balaban J connectivity index is 1.40. The molecule has 0 fully saturated rings. The molecular formula is C35H32F3N3O7. The second-order valence-electron chi connectivity index (χ2n) is 10.9. The molecule has 0 aromatic heterocycles. The Bertz CT molecular complexity index is 1790. The van der Waals surface area contributed by atoms with Gasteiger partial charge in [0, 0.05) is 37.6 Å². The Morgan fingerprint density at radius 2 is 1.50 bits per heavy atom. The van der Waals surface area contributed by atoms with Crippen molar-refractivity contribution < 1.29 is 46.9 Å². The third kappa shape index (κ3) is 9.34. The average molecular weight is 664 g/mol. The van der Waals surface area contributed by atoms with Crippen molar-refractivity contribution in [2.24, 2.45) is 0 Å². The molecule has 0 heterocycles. The molecule has 0 radical (unpaired) electrons. The van der Waals surface area contributed by atoms with E-state index in [1.807, 2.05) is 25.1 Å². The number of carbonyl (C=O) groups is 4. The zero-order chi connectivity index (χ0) is 35.0. The summed E-state index contributed by atoms with van der Waals surface area (Å²) < 4.78 is 50.9. The van der Waals surface area contributed by atoms with E-state index in [0.29, 0.717) is 11.1 Å². The number of nitrogens with zero attached hydrogens (tertiary/aromatic N) is 2. The number of carbonyl (C=O) groups excluding carboxylic acids is 3. The first-order valence-electron chi connectivity index (χ1n) is 14.5. The van der Waals surface area contributed by atoms with E-state index in [0.717, 1.165) is 16.7 Å². The van der Waals surface area contributed by atoms with Crippen molar-refractivity contribution in [3.63, 3.8) is 0 Å². The number of hydrogen-bond acceptors (Lipinski definition) is 7. The number of rotatable bonds is 12. The molecule has 250 valence electrons. The Morgan fingerprint density at radius 1 is 0.833 bits per heavy atom. The third-order valence-corrected chi connectivity index (χ3v) is 7.11. The fourth-order valence-electron chi connectivity index (χ4n) is 4.68. The summed E-state index contributed by atoms with van der Waals surface area (Å²) in [6.07, 6.45) is -5.25. The van der Waals surface area contributed by atoms with E-state index in [4.69, 9.17) is 9.47 Å². The molecule has 0 saturated carbocycles. The molecular weight excluding hydrogens is 631 g/mol. The van der Waals surface area contributed by atoms with Crippen LogP contribution < -0.4 is 19.7 Å². The lowest BCUT2D eigenvalue weighted by Crippen LogP contribution is -2.35. The Kier molecular flexibility index (Phi) is 11.1. The van der Waals surface area contributed by atoms with Crippen molar-refractivity contribution in [1.29, 1.82) is 0 Å². The molecule has 4 aromatic carbocycles. The smallest absolute Gasteiger partial charge is 0.416 e. The molecule has 0 atom stereocenters. The predicted octanol–water partition coefficient (Wildman–Crippen LogP) is 5.91. The number of benzene rings is 4. The highest BCUT2D eigenvalue weighted by molar-refractivity contribution is 5.97. The number of carboxylic acids is 1. The molecule has 0 aliphatic heterocycles. The number of nitrogens with one attached hydrogen (secondary N) is 1. The fraction of sp³-hybridized carbons (Fsp3) is 0.200. The lowest BCUT2D eigenvalue weighted by molar-refractivity contribution is -0.139. The lowest BCUT2D eigenvalue weighted by Gasteiger charge is -2.21. The maximum atomic E-state index is 13.5. The number of esters is 1. The number of aliphatic carboxylic acids is 1. The summed E-state index contributed by atoms with van der Waals surface area (Å²) in [5, 5.41) is 12.0. The quantitative estimate of drug-likeness (QED) is 0.142. The zero-order valence-electron chi connectivity index (χ0n) is 26.2. The minimum absolute atomic E-state index is 0.00365. The van der Waals surface area contributed by atoms with Gasteiger partial charge in [-0.1, -0.05) is 24.3 Å². The summed E-state index contributed by atoms with van der Waals surface area (Å²) in [4.78, 5) is 53.0. The summed E-state index contributed by atoms with van der Waals surface area (Å²) in [6.45, 7) is -0.689. The van der Waals surface area contributed by atoms with Crippen molar-refractivity contribution >= 4 is 35.1 Å². The van der Waals surface area contributed by atoms with Crippen molar-refractivity contribution in [2.45, 2.75) is 19.1 Å².